The van der Waals surface area contributed by atoms with E-state index in [1.165, 1.54) is 16.7 Å². The topological polar surface area (TPSA) is 37.2 Å². The number of benzene rings is 1. The minimum Gasteiger partial charge on any atom is -0.468 e. The van der Waals surface area contributed by atoms with Crippen LogP contribution in [0.25, 0.3) is 0 Å². The number of anilines is 2. The molecule has 0 saturated carbocycles. The number of furan rings is 1. The largest absolute Gasteiger partial charge is 0.468 e. The van der Waals surface area contributed by atoms with Crippen LogP contribution in [0.4, 0.5) is 11.4 Å². The highest BCUT2D eigenvalue weighted by molar-refractivity contribution is 5.70. The molecule has 2 N–H and O–H groups in total. The second kappa shape index (κ2) is 3.84. The Hall–Kier alpha value is -1.90. The maximum Gasteiger partial charge on any atom is 0.116 e. The van der Waals surface area contributed by atoms with E-state index in [0.29, 0.717) is 6.04 Å². The van der Waals surface area contributed by atoms with Crippen molar-refractivity contribution in [3.8, 4) is 0 Å². The lowest BCUT2D eigenvalue weighted by Crippen LogP contribution is -2.25. The predicted molar refractivity (Wildman–Crippen MR) is 69.5 cm³/mol. The molecular weight excluding hydrogens is 212 g/mol. The number of rotatable bonds is 1. The van der Waals surface area contributed by atoms with E-state index in [1.807, 2.05) is 0 Å². The van der Waals surface area contributed by atoms with E-state index in [9.17, 15) is 0 Å². The molecule has 1 aromatic carbocycles. The van der Waals surface area contributed by atoms with Crippen LogP contribution < -0.4 is 10.6 Å². The van der Waals surface area contributed by atoms with Gasteiger partial charge >= 0.3 is 0 Å². The van der Waals surface area contributed by atoms with E-state index in [-0.39, 0.29) is 0 Å². The summed E-state index contributed by atoms with van der Waals surface area (Å²) in [5.74, 6) is 0. The van der Waals surface area contributed by atoms with Gasteiger partial charge in [0.15, 0.2) is 0 Å². The third kappa shape index (κ3) is 1.78. The number of aryl methyl sites for hydroxylation is 2. The minimum atomic E-state index is 0.306. The standard InChI is InChI=1S/C14H16N2O/c1-9-3-4-11(10(2)5-9)12-6-15-13-7-17-8-14(13)16-12/h3-5,7-8,12,15-16H,6H2,1-2H3. The maximum absolute atomic E-state index is 5.18. The van der Waals surface area contributed by atoms with Crippen molar-refractivity contribution in [2.45, 2.75) is 19.9 Å². The molecule has 3 heteroatoms. The summed E-state index contributed by atoms with van der Waals surface area (Å²) >= 11 is 0. The fraction of sp³-hybridized carbons (Fsp3) is 0.286. The van der Waals surface area contributed by atoms with Gasteiger partial charge in [-0.25, -0.2) is 0 Å². The van der Waals surface area contributed by atoms with Gasteiger partial charge in [0.2, 0.25) is 0 Å². The van der Waals surface area contributed by atoms with E-state index in [0.717, 1.165) is 17.9 Å². The van der Waals surface area contributed by atoms with E-state index < -0.39 is 0 Å². The van der Waals surface area contributed by atoms with Crippen molar-refractivity contribution < 1.29 is 4.42 Å². The zero-order chi connectivity index (χ0) is 11.8. The number of nitrogens with one attached hydrogen (secondary N) is 2. The number of hydrogen-bond acceptors (Lipinski definition) is 3. The van der Waals surface area contributed by atoms with E-state index in [2.05, 4.69) is 42.7 Å². The molecule has 3 rings (SSSR count). The monoisotopic (exact) mass is 228 g/mol. The highest BCUT2D eigenvalue weighted by Gasteiger charge is 2.21. The van der Waals surface area contributed by atoms with Crippen LogP contribution >= 0.6 is 0 Å². The summed E-state index contributed by atoms with van der Waals surface area (Å²) in [6.07, 6.45) is 3.48. The highest BCUT2D eigenvalue weighted by Crippen LogP contribution is 2.33. The summed E-state index contributed by atoms with van der Waals surface area (Å²) in [5, 5.41) is 6.87. The lowest BCUT2D eigenvalue weighted by molar-refractivity contribution is 0.569. The number of hydrogen-bond donors (Lipinski definition) is 2. The summed E-state index contributed by atoms with van der Waals surface area (Å²) in [5.41, 5.74) is 6.07. The first-order valence-electron chi connectivity index (χ1n) is 5.88. The maximum atomic E-state index is 5.18. The molecule has 1 unspecified atom stereocenters. The van der Waals surface area contributed by atoms with Gasteiger partial charge in [0.05, 0.1) is 17.4 Å². The molecule has 0 saturated heterocycles. The molecule has 17 heavy (non-hydrogen) atoms. The summed E-state index contributed by atoms with van der Waals surface area (Å²) in [6.45, 7) is 5.17. The van der Waals surface area contributed by atoms with Crippen molar-refractivity contribution in [3.05, 3.63) is 47.4 Å². The Morgan fingerprint density at radius 2 is 2.00 bits per heavy atom. The molecule has 0 aliphatic carbocycles. The normalized spacial score (nSPS) is 18.1. The van der Waals surface area contributed by atoms with Crippen LogP contribution in [0.1, 0.15) is 22.7 Å². The molecule has 3 nitrogen and oxygen atoms in total. The van der Waals surface area contributed by atoms with Gasteiger partial charge in [0.25, 0.3) is 0 Å². The second-order valence-electron chi connectivity index (χ2n) is 4.64. The van der Waals surface area contributed by atoms with Gasteiger partial charge in [0.1, 0.15) is 12.5 Å². The quantitative estimate of drug-likeness (QED) is 0.784. The fourth-order valence-corrected chi connectivity index (χ4v) is 2.40. The first-order valence-corrected chi connectivity index (χ1v) is 5.88. The Kier molecular flexibility index (Phi) is 2.32. The van der Waals surface area contributed by atoms with Crippen molar-refractivity contribution in [2.24, 2.45) is 0 Å². The van der Waals surface area contributed by atoms with Crippen molar-refractivity contribution in [2.75, 3.05) is 17.2 Å². The molecule has 0 spiro atoms. The molecule has 1 aliphatic heterocycles. The molecule has 1 aliphatic rings. The lowest BCUT2D eigenvalue weighted by Gasteiger charge is -2.27. The average Bonchev–Trinajstić information content (AvgIpc) is 2.75. The first-order chi connectivity index (χ1) is 8.24. The van der Waals surface area contributed by atoms with Crippen LogP contribution in [0.2, 0.25) is 0 Å². The second-order valence-corrected chi connectivity index (χ2v) is 4.64. The summed E-state index contributed by atoms with van der Waals surface area (Å²) in [6, 6.07) is 6.90. The third-order valence-electron chi connectivity index (χ3n) is 3.29. The fourth-order valence-electron chi connectivity index (χ4n) is 2.40. The molecule has 1 aromatic heterocycles. The van der Waals surface area contributed by atoms with Crippen molar-refractivity contribution in [1.82, 2.24) is 0 Å². The molecule has 2 heterocycles. The summed E-state index contributed by atoms with van der Waals surface area (Å²) < 4.78 is 5.18. The minimum absolute atomic E-state index is 0.306. The van der Waals surface area contributed by atoms with Gasteiger partial charge in [-0.2, -0.15) is 0 Å². The van der Waals surface area contributed by atoms with Gasteiger partial charge in [-0.3, -0.25) is 0 Å². The zero-order valence-corrected chi connectivity index (χ0v) is 10.1. The van der Waals surface area contributed by atoms with E-state index in [4.69, 9.17) is 4.42 Å². The lowest BCUT2D eigenvalue weighted by atomic mass is 9.98. The van der Waals surface area contributed by atoms with Crippen LogP contribution in [0.15, 0.2) is 35.1 Å². The Balaban J connectivity index is 1.91. The van der Waals surface area contributed by atoms with Crippen LogP contribution in [0, 0.1) is 13.8 Å². The van der Waals surface area contributed by atoms with Gasteiger partial charge in [-0.1, -0.05) is 23.8 Å². The van der Waals surface area contributed by atoms with Crippen LogP contribution in [0.5, 0.6) is 0 Å². The van der Waals surface area contributed by atoms with Crippen molar-refractivity contribution >= 4 is 11.4 Å². The van der Waals surface area contributed by atoms with Crippen LogP contribution in [-0.2, 0) is 0 Å². The SMILES string of the molecule is Cc1ccc(C2CNc3cocc3N2)c(C)c1. The molecule has 1 atom stereocenters. The van der Waals surface area contributed by atoms with Gasteiger partial charge in [0, 0.05) is 6.54 Å². The summed E-state index contributed by atoms with van der Waals surface area (Å²) in [4.78, 5) is 0. The smallest absolute Gasteiger partial charge is 0.116 e. The first kappa shape index (κ1) is 10.3. The molecule has 0 radical (unpaired) electrons. The summed E-state index contributed by atoms with van der Waals surface area (Å²) in [7, 11) is 0. The predicted octanol–water partition coefficient (Wildman–Crippen LogP) is 3.48. The molecular formula is C14H16N2O. The Morgan fingerprint density at radius 1 is 1.18 bits per heavy atom. The molecule has 0 bridgehead atoms. The molecule has 88 valence electrons. The number of fused-ring (bicyclic) bond motifs is 1. The Bertz CT molecular complexity index is 545. The average molecular weight is 228 g/mol. The van der Waals surface area contributed by atoms with E-state index >= 15 is 0 Å². The van der Waals surface area contributed by atoms with Gasteiger partial charge in [-0.05, 0) is 25.0 Å². The third-order valence-corrected chi connectivity index (χ3v) is 3.29. The van der Waals surface area contributed by atoms with Crippen LogP contribution in [0.3, 0.4) is 0 Å². The highest BCUT2D eigenvalue weighted by atomic mass is 16.3. The zero-order valence-electron chi connectivity index (χ0n) is 10.1. The Morgan fingerprint density at radius 3 is 2.82 bits per heavy atom. The van der Waals surface area contributed by atoms with Crippen LogP contribution in [-0.4, -0.2) is 6.54 Å². The van der Waals surface area contributed by atoms with Gasteiger partial charge in [-0.15, -0.1) is 0 Å². The van der Waals surface area contributed by atoms with Crippen molar-refractivity contribution in [3.63, 3.8) is 0 Å². The molecule has 2 aromatic rings. The van der Waals surface area contributed by atoms with E-state index in [1.54, 1.807) is 12.5 Å². The molecule has 0 fully saturated rings. The Labute approximate surface area is 101 Å². The van der Waals surface area contributed by atoms with Gasteiger partial charge < -0.3 is 15.1 Å². The molecule has 0 amide bonds. The van der Waals surface area contributed by atoms with Crippen molar-refractivity contribution in [1.29, 1.82) is 0 Å².